The van der Waals surface area contributed by atoms with Gasteiger partial charge in [0.1, 0.15) is 17.6 Å². The molecule has 1 aliphatic heterocycles. The molecule has 7 heteroatoms. The lowest BCUT2D eigenvalue weighted by atomic mass is 10.1. The monoisotopic (exact) mass is 396 g/mol. The van der Waals surface area contributed by atoms with Crippen molar-refractivity contribution in [1.29, 1.82) is 0 Å². The van der Waals surface area contributed by atoms with E-state index in [2.05, 4.69) is 23.4 Å². The predicted molar refractivity (Wildman–Crippen MR) is 110 cm³/mol. The number of thioether (sulfide) groups is 1. The van der Waals surface area contributed by atoms with Crippen molar-refractivity contribution in [2.45, 2.75) is 31.9 Å². The number of carbonyl (C=O) groups is 1. The largest absolute Gasteiger partial charge is 0.497 e. The van der Waals surface area contributed by atoms with E-state index in [9.17, 15) is 4.79 Å². The van der Waals surface area contributed by atoms with Crippen molar-refractivity contribution in [3.05, 3.63) is 23.8 Å². The first kappa shape index (κ1) is 21.9. The van der Waals surface area contributed by atoms with Crippen LogP contribution in [0.15, 0.2) is 18.2 Å². The van der Waals surface area contributed by atoms with Crippen molar-refractivity contribution in [2.24, 2.45) is 0 Å². The summed E-state index contributed by atoms with van der Waals surface area (Å²) < 4.78 is 16.5. The smallest absolute Gasteiger partial charge is 0.255 e. The molecule has 1 aromatic carbocycles. The Hall–Kier alpha value is -1.44. The number of benzene rings is 1. The number of methoxy groups -OCH3 is 2. The van der Waals surface area contributed by atoms with Crippen LogP contribution in [0.3, 0.4) is 0 Å². The maximum atomic E-state index is 12.5. The molecule has 1 aliphatic rings. The molecule has 0 bridgehead atoms. The van der Waals surface area contributed by atoms with Gasteiger partial charge in [-0.2, -0.15) is 11.8 Å². The van der Waals surface area contributed by atoms with Crippen molar-refractivity contribution in [3.63, 3.8) is 0 Å². The fourth-order valence-electron chi connectivity index (χ4n) is 3.24. The van der Waals surface area contributed by atoms with Gasteiger partial charge in [-0.25, -0.2) is 0 Å². The highest BCUT2D eigenvalue weighted by atomic mass is 32.2. The number of nitrogens with zero attached hydrogens (tertiary/aromatic N) is 1. The van der Waals surface area contributed by atoms with Crippen LogP contribution in [0.5, 0.6) is 11.5 Å². The predicted octanol–water partition coefficient (Wildman–Crippen LogP) is 2.67. The van der Waals surface area contributed by atoms with Gasteiger partial charge in [-0.1, -0.05) is 0 Å². The Morgan fingerprint density at radius 1 is 1.33 bits per heavy atom. The molecule has 152 valence electrons. The topological polar surface area (TPSA) is 60.0 Å². The summed E-state index contributed by atoms with van der Waals surface area (Å²) in [6.07, 6.45) is 4.18. The Bertz CT molecular complexity index is 591. The molecule has 0 aromatic heterocycles. The van der Waals surface area contributed by atoms with Gasteiger partial charge in [0.25, 0.3) is 5.91 Å². The first-order chi connectivity index (χ1) is 13.1. The molecule has 6 nitrogen and oxygen atoms in total. The number of amides is 1. The summed E-state index contributed by atoms with van der Waals surface area (Å²) in [7, 11) is 3.23. The molecule has 0 aliphatic carbocycles. The summed E-state index contributed by atoms with van der Waals surface area (Å²) in [5.74, 6) is 2.26. The lowest BCUT2D eigenvalue weighted by molar-refractivity contribution is 0.0818. The average molecular weight is 397 g/mol. The summed E-state index contributed by atoms with van der Waals surface area (Å²) in [6.45, 7) is 5.26. The van der Waals surface area contributed by atoms with E-state index < -0.39 is 0 Å². The number of piperidine rings is 1. The molecule has 1 amide bonds. The van der Waals surface area contributed by atoms with Gasteiger partial charge in [0.2, 0.25) is 0 Å². The molecular weight excluding hydrogens is 364 g/mol. The van der Waals surface area contributed by atoms with Crippen LogP contribution in [0, 0.1) is 0 Å². The normalized spacial score (nSPS) is 16.7. The third-order valence-electron chi connectivity index (χ3n) is 4.83. The lowest BCUT2D eigenvalue weighted by Crippen LogP contribution is -2.44. The second kappa shape index (κ2) is 11.4. The van der Waals surface area contributed by atoms with Crippen molar-refractivity contribution < 1.29 is 19.0 Å². The third kappa shape index (κ3) is 6.59. The van der Waals surface area contributed by atoms with E-state index >= 15 is 0 Å². The van der Waals surface area contributed by atoms with Crippen LogP contribution in [0.2, 0.25) is 0 Å². The molecule has 2 rings (SSSR count). The molecule has 0 unspecified atom stereocenters. The average Bonchev–Trinajstić information content (AvgIpc) is 2.68. The Labute approximate surface area is 166 Å². The molecule has 1 N–H and O–H groups in total. The van der Waals surface area contributed by atoms with Gasteiger partial charge in [0.15, 0.2) is 0 Å². The molecule has 1 atom stereocenters. The highest BCUT2D eigenvalue weighted by Gasteiger charge is 2.25. The fourth-order valence-corrected chi connectivity index (χ4v) is 3.93. The lowest BCUT2D eigenvalue weighted by Gasteiger charge is -2.36. The highest BCUT2D eigenvalue weighted by Crippen LogP contribution is 2.28. The van der Waals surface area contributed by atoms with Crippen molar-refractivity contribution in [2.75, 3.05) is 52.5 Å². The molecule has 0 radical (unpaired) electrons. The maximum absolute atomic E-state index is 12.5. The third-order valence-corrected chi connectivity index (χ3v) is 5.64. The Morgan fingerprint density at radius 2 is 2.07 bits per heavy atom. The van der Waals surface area contributed by atoms with Gasteiger partial charge in [-0.05, 0) is 38.2 Å². The number of carbonyl (C=O) groups excluding carboxylic acids is 1. The van der Waals surface area contributed by atoms with Gasteiger partial charge in [0, 0.05) is 44.6 Å². The number of ether oxygens (including phenoxy) is 3. The van der Waals surface area contributed by atoms with Crippen LogP contribution in [0.1, 0.15) is 30.1 Å². The van der Waals surface area contributed by atoms with Gasteiger partial charge in [-0.3, -0.25) is 9.69 Å². The zero-order chi connectivity index (χ0) is 19.6. The molecule has 1 fully saturated rings. The van der Waals surface area contributed by atoms with Crippen LogP contribution < -0.4 is 14.8 Å². The Balaban J connectivity index is 2.01. The highest BCUT2D eigenvalue weighted by molar-refractivity contribution is 7.98. The van der Waals surface area contributed by atoms with Gasteiger partial charge in [-0.15, -0.1) is 0 Å². The minimum absolute atomic E-state index is 0.111. The van der Waals surface area contributed by atoms with Crippen LogP contribution in [-0.4, -0.2) is 75.4 Å². The summed E-state index contributed by atoms with van der Waals surface area (Å²) >= 11 is 1.88. The van der Waals surface area contributed by atoms with Gasteiger partial charge >= 0.3 is 0 Å². The second-order valence-corrected chi connectivity index (χ2v) is 7.68. The first-order valence-electron chi connectivity index (χ1n) is 9.43. The van der Waals surface area contributed by atoms with Crippen LogP contribution in [0.4, 0.5) is 0 Å². The zero-order valence-corrected chi connectivity index (χ0v) is 17.6. The molecule has 0 spiro atoms. The number of nitrogens with one attached hydrogen (secondary N) is 1. The minimum Gasteiger partial charge on any atom is -0.497 e. The molecule has 1 heterocycles. The maximum Gasteiger partial charge on any atom is 0.255 e. The van der Waals surface area contributed by atoms with Crippen molar-refractivity contribution >= 4 is 17.7 Å². The second-order valence-electron chi connectivity index (χ2n) is 6.77. The number of rotatable bonds is 10. The SMILES string of the molecule is COCCNC(=O)c1ccc(OC)cc1OC1CCN([C@@H](C)CSC)CC1. The van der Waals surface area contributed by atoms with Crippen LogP contribution in [-0.2, 0) is 4.74 Å². The van der Waals surface area contributed by atoms with E-state index in [0.717, 1.165) is 31.7 Å². The summed E-state index contributed by atoms with van der Waals surface area (Å²) in [6, 6.07) is 5.92. The van der Waals surface area contributed by atoms with E-state index in [-0.39, 0.29) is 12.0 Å². The first-order valence-corrected chi connectivity index (χ1v) is 10.8. The molecular formula is C20H32N2O4S. The summed E-state index contributed by atoms with van der Waals surface area (Å²) in [5, 5.41) is 2.86. The van der Waals surface area contributed by atoms with E-state index in [4.69, 9.17) is 14.2 Å². The van der Waals surface area contributed by atoms with Gasteiger partial charge < -0.3 is 19.5 Å². The quantitative estimate of drug-likeness (QED) is 0.614. The molecule has 1 aromatic rings. The number of hydrogen-bond donors (Lipinski definition) is 1. The number of likely N-dealkylation sites (tertiary alicyclic amines) is 1. The van der Waals surface area contributed by atoms with E-state index in [1.165, 1.54) is 0 Å². The molecule has 1 saturated heterocycles. The van der Waals surface area contributed by atoms with Gasteiger partial charge in [0.05, 0.1) is 19.3 Å². The van der Waals surface area contributed by atoms with Crippen LogP contribution in [0.25, 0.3) is 0 Å². The number of hydrogen-bond acceptors (Lipinski definition) is 6. The van der Waals surface area contributed by atoms with E-state index in [1.807, 2.05) is 11.8 Å². The Morgan fingerprint density at radius 3 is 2.70 bits per heavy atom. The van der Waals surface area contributed by atoms with Crippen LogP contribution >= 0.6 is 11.8 Å². The summed E-state index contributed by atoms with van der Waals surface area (Å²) in [5.41, 5.74) is 0.532. The summed E-state index contributed by atoms with van der Waals surface area (Å²) in [4.78, 5) is 15.0. The van der Waals surface area contributed by atoms with E-state index in [0.29, 0.717) is 36.3 Å². The minimum atomic E-state index is -0.157. The Kier molecular flexibility index (Phi) is 9.24. The molecule has 27 heavy (non-hydrogen) atoms. The van der Waals surface area contributed by atoms with E-state index in [1.54, 1.807) is 32.4 Å². The standard InChI is InChI=1S/C20H32N2O4S/c1-15(14-27-4)22-10-7-16(8-11-22)26-19-13-17(25-3)5-6-18(19)20(23)21-9-12-24-2/h5-6,13,15-16H,7-12,14H2,1-4H3,(H,21,23)/t15-/m0/s1. The molecule has 0 saturated carbocycles. The van der Waals surface area contributed by atoms with Crippen molar-refractivity contribution in [1.82, 2.24) is 10.2 Å². The van der Waals surface area contributed by atoms with Crippen molar-refractivity contribution in [3.8, 4) is 11.5 Å². The zero-order valence-electron chi connectivity index (χ0n) is 16.8. The fraction of sp³-hybridized carbons (Fsp3) is 0.650.